The molecule has 1 N–H and O–H groups in total. The van der Waals surface area contributed by atoms with E-state index in [1.807, 2.05) is 26.1 Å². The summed E-state index contributed by atoms with van der Waals surface area (Å²) in [5.41, 5.74) is 2.23. The van der Waals surface area contributed by atoms with Gasteiger partial charge in [0.25, 0.3) is 0 Å². The van der Waals surface area contributed by atoms with Gasteiger partial charge in [-0.25, -0.2) is 4.98 Å². The van der Waals surface area contributed by atoms with E-state index in [9.17, 15) is 0 Å². The molecule has 0 aliphatic carbocycles. The second-order valence-electron chi connectivity index (χ2n) is 4.36. The summed E-state index contributed by atoms with van der Waals surface area (Å²) in [7, 11) is 0. The Morgan fingerprint density at radius 3 is 2.33 bits per heavy atom. The van der Waals surface area contributed by atoms with Gasteiger partial charge in [-0.1, -0.05) is 34.6 Å². The molecule has 2 heterocycles. The summed E-state index contributed by atoms with van der Waals surface area (Å²) in [6.45, 7) is 10.5. The first-order valence-electron chi connectivity index (χ1n) is 5.52. The number of nitrogens with one attached hydrogen (secondary N) is 1. The molecule has 2 heteroatoms. The van der Waals surface area contributed by atoms with E-state index < -0.39 is 0 Å². The summed E-state index contributed by atoms with van der Waals surface area (Å²) >= 11 is 0. The molecular weight excluding hydrogens is 184 g/mol. The summed E-state index contributed by atoms with van der Waals surface area (Å²) in [5, 5.41) is 1.17. The summed E-state index contributed by atoms with van der Waals surface area (Å²) < 4.78 is 0. The predicted molar refractivity (Wildman–Crippen MR) is 66.1 cm³/mol. The Kier molecular flexibility index (Phi) is 3.51. The molecule has 0 fully saturated rings. The molecule has 0 bridgehead atoms. The minimum atomic E-state index is 0.124. The van der Waals surface area contributed by atoms with Gasteiger partial charge in [-0.15, -0.1) is 0 Å². The third-order valence-electron chi connectivity index (χ3n) is 2.18. The first-order chi connectivity index (χ1) is 7.07. The molecule has 15 heavy (non-hydrogen) atoms. The highest BCUT2D eigenvalue weighted by atomic mass is 14.9. The van der Waals surface area contributed by atoms with Crippen molar-refractivity contribution in [2.45, 2.75) is 40.0 Å². The Balaban J connectivity index is 0.000000531. The Labute approximate surface area is 91.7 Å². The molecule has 82 valence electrons. The van der Waals surface area contributed by atoms with Crippen LogP contribution in [0.1, 0.15) is 40.3 Å². The lowest BCUT2D eigenvalue weighted by atomic mass is 9.91. The zero-order valence-corrected chi connectivity index (χ0v) is 10.3. The quantitative estimate of drug-likeness (QED) is 0.693. The second kappa shape index (κ2) is 4.47. The highest BCUT2D eigenvalue weighted by Gasteiger charge is 2.15. The van der Waals surface area contributed by atoms with Gasteiger partial charge in [-0.05, 0) is 18.2 Å². The van der Waals surface area contributed by atoms with E-state index in [0.29, 0.717) is 0 Å². The number of rotatable bonds is 0. The van der Waals surface area contributed by atoms with Crippen molar-refractivity contribution < 1.29 is 0 Å². The minimum Gasteiger partial charge on any atom is -0.346 e. The first-order valence-corrected chi connectivity index (χ1v) is 5.52. The number of aromatic nitrogens is 2. The van der Waals surface area contributed by atoms with E-state index in [1.54, 1.807) is 0 Å². The van der Waals surface area contributed by atoms with Gasteiger partial charge in [0.05, 0.1) is 0 Å². The normalized spacial score (nSPS) is 11.0. The Morgan fingerprint density at radius 2 is 1.73 bits per heavy atom. The number of H-pyrrole nitrogens is 1. The van der Waals surface area contributed by atoms with E-state index in [-0.39, 0.29) is 5.41 Å². The van der Waals surface area contributed by atoms with Crippen LogP contribution < -0.4 is 0 Å². The van der Waals surface area contributed by atoms with E-state index in [0.717, 1.165) is 11.3 Å². The lowest BCUT2D eigenvalue weighted by molar-refractivity contribution is 0.571. The van der Waals surface area contributed by atoms with Crippen molar-refractivity contribution in [3.8, 4) is 0 Å². The molecule has 0 unspecified atom stereocenters. The van der Waals surface area contributed by atoms with Gasteiger partial charge in [0.1, 0.15) is 5.65 Å². The molecule has 0 amide bonds. The molecule has 0 spiro atoms. The fourth-order valence-corrected chi connectivity index (χ4v) is 1.35. The number of hydrogen-bond acceptors (Lipinski definition) is 1. The highest BCUT2D eigenvalue weighted by Crippen LogP contribution is 2.21. The van der Waals surface area contributed by atoms with Gasteiger partial charge in [-0.3, -0.25) is 0 Å². The Bertz CT molecular complexity index is 421. The van der Waals surface area contributed by atoms with Gasteiger partial charge in [0.2, 0.25) is 0 Å². The molecular formula is C13H20N2. The van der Waals surface area contributed by atoms with Crippen molar-refractivity contribution in [3.63, 3.8) is 0 Å². The molecule has 2 aromatic rings. The number of nitrogens with zero attached hydrogens (tertiary/aromatic N) is 1. The molecule has 2 rings (SSSR count). The fraction of sp³-hybridized carbons (Fsp3) is 0.462. The maximum Gasteiger partial charge on any atom is 0.137 e. The molecule has 0 radical (unpaired) electrons. The lowest BCUT2D eigenvalue weighted by Crippen LogP contribution is -2.13. The van der Waals surface area contributed by atoms with Crippen molar-refractivity contribution in [2.24, 2.45) is 0 Å². The van der Waals surface area contributed by atoms with Gasteiger partial charge in [-0.2, -0.15) is 0 Å². The molecule has 2 nitrogen and oxygen atoms in total. The third kappa shape index (κ3) is 2.58. The summed E-state index contributed by atoms with van der Waals surface area (Å²) in [5.74, 6) is 0. The SMILES string of the molecule is CC.CC(C)(C)c1ccc2cc[nH]c2n1. The first kappa shape index (κ1) is 11.8. The number of aromatic amines is 1. The van der Waals surface area contributed by atoms with Crippen molar-refractivity contribution >= 4 is 11.0 Å². The van der Waals surface area contributed by atoms with Crippen molar-refractivity contribution in [2.75, 3.05) is 0 Å². The van der Waals surface area contributed by atoms with Crippen LogP contribution in [0.15, 0.2) is 24.4 Å². The van der Waals surface area contributed by atoms with E-state index in [1.165, 1.54) is 5.39 Å². The largest absolute Gasteiger partial charge is 0.346 e. The summed E-state index contributed by atoms with van der Waals surface area (Å²) in [4.78, 5) is 7.67. The summed E-state index contributed by atoms with van der Waals surface area (Å²) in [6, 6.07) is 6.24. The molecule has 0 aromatic carbocycles. The van der Waals surface area contributed by atoms with E-state index >= 15 is 0 Å². The average molecular weight is 204 g/mol. The molecule has 0 aliphatic rings. The average Bonchev–Trinajstić information content (AvgIpc) is 2.66. The van der Waals surface area contributed by atoms with Crippen LogP contribution in [0.5, 0.6) is 0 Å². The second-order valence-corrected chi connectivity index (χ2v) is 4.36. The van der Waals surface area contributed by atoms with Crippen LogP contribution in [0.25, 0.3) is 11.0 Å². The Morgan fingerprint density at radius 1 is 1.07 bits per heavy atom. The molecule has 0 aliphatic heterocycles. The standard InChI is InChI=1S/C11H14N2.C2H6/c1-11(2,3)9-5-4-8-6-7-12-10(8)13-9;1-2/h4-7H,1-3H3,(H,12,13);1-2H3. The van der Waals surface area contributed by atoms with Crippen molar-refractivity contribution in [1.82, 2.24) is 9.97 Å². The maximum atomic E-state index is 4.55. The maximum absolute atomic E-state index is 4.55. The van der Waals surface area contributed by atoms with Crippen molar-refractivity contribution in [1.29, 1.82) is 0 Å². The Hall–Kier alpha value is -1.31. The minimum absolute atomic E-state index is 0.124. The van der Waals surface area contributed by atoms with Crippen LogP contribution in [0, 0.1) is 0 Å². The van der Waals surface area contributed by atoms with Crippen LogP contribution in [-0.2, 0) is 5.41 Å². The van der Waals surface area contributed by atoms with Crippen LogP contribution in [0.2, 0.25) is 0 Å². The molecule has 0 saturated carbocycles. The number of fused-ring (bicyclic) bond motifs is 1. The third-order valence-corrected chi connectivity index (χ3v) is 2.18. The van der Waals surface area contributed by atoms with Crippen LogP contribution in [0.3, 0.4) is 0 Å². The number of hydrogen-bond donors (Lipinski definition) is 1. The number of pyridine rings is 1. The van der Waals surface area contributed by atoms with Gasteiger partial charge in [0, 0.05) is 22.7 Å². The molecule has 2 aromatic heterocycles. The fourth-order valence-electron chi connectivity index (χ4n) is 1.35. The smallest absolute Gasteiger partial charge is 0.137 e. The zero-order valence-electron chi connectivity index (χ0n) is 10.3. The van der Waals surface area contributed by atoms with Gasteiger partial charge in [0.15, 0.2) is 0 Å². The summed E-state index contributed by atoms with van der Waals surface area (Å²) in [6.07, 6.45) is 1.92. The van der Waals surface area contributed by atoms with E-state index in [4.69, 9.17) is 0 Å². The molecule has 0 saturated heterocycles. The van der Waals surface area contributed by atoms with Crippen molar-refractivity contribution in [3.05, 3.63) is 30.1 Å². The van der Waals surface area contributed by atoms with Crippen LogP contribution in [-0.4, -0.2) is 9.97 Å². The van der Waals surface area contributed by atoms with E-state index in [2.05, 4.69) is 42.9 Å². The van der Waals surface area contributed by atoms with Crippen LogP contribution >= 0.6 is 0 Å². The van der Waals surface area contributed by atoms with Crippen LogP contribution in [0.4, 0.5) is 0 Å². The lowest BCUT2D eigenvalue weighted by Gasteiger charge is -2.17. The zero-order chi connectivity index (χ0) is 11.5. The monoisotopic (exact) mass is 204 g/mol. The predicted octanol–water partition coefficient (Wildman–Crippen LogP) is 3.89. The van der Waals surface area contributed by atoms with Gasteiger partial charge >= 0.3 is 0 Å². The molecule has 0 atom stereocenters. The highest BCUT2D eigenvalue weighted by molar-refractivity contribution is 5.75. The van der Waals surface area contributed by atoms with Gasteiger partial charge < -0.3 is 4.98 Å². The topological polar surface area (TPSA) is 28.7 Å².